The van der Waals surface area contributed by atoms with Crippen molar-refractivity contribution >= 4 is 17.8 Å². The largest absolute Gasteiger partial charge is 0.491 e. The van der Waals surface area contributed by atoms with Crippen LogP contribution in [-0.4, -0.2) is 84.1 Å². The van der Waals surface area contributed by atoms with Crippen LogP contribution in [0, 0.1) is 0 Å². The normalized spacial score (nSPS) is 14.2. The second-order valence-electron chi connectivity index (χ2n) is 8.50. The first kappa shape index (κ1) is 29.7. The molecule has 0 spiro atoms. The lowest BCUT2D eigenvalue weighted by molar-refractivity contribution is -0.160. The molecule has 2 unspecified atom stereocenters. The number of esters is 2. The summed E-state index contributed by atoms with van der Waals surface area (Å²) in [5.74, 6) is -0.557. The lowest BCUT2D eigenvalue weighted by atomic mass is 10.1. The molecule has 2 aromatic rings. The van der Waals surface area contributed by atoms with Crippen molar-refractivity contribution in [2.45, 2.75) is 65.5 Å². The van der Waals surface area contributed by atoms with Gasteiger partial charge < -0.3 is 29.0 Å². The van der Waals surface area contributed by atoms with Crippen LogP contribution < -0.4 is 10.1 Å². The smallest absolute Gasteiger partial charge is 0.302 e. The third-order valence-corrected chi connectivity index (χ3v) is 5.28. The van der Waals surface area contributed by atoms with Crippen molar-refractivity contribution in [1.82, 2.24) is 20.3 Å². The maximum Gasteiger partial charge on any atom is 0.302 e. The average molecular weight is 521 g/mol. The minimum atomic E-state index is -0.647. The van der Waals surface area contributed by atoms with Gasteiger partial charge in [0, 0.05) is 33.4 Å². The summed E-state index contributed by atoms with van der Waals surface area (Å²) in [7, 11) is 1.61. The van der Waals surface area contributed by atoms with Crippen molar-refractivity contribution in [3.63, 3.8) is 0 Å². The number of ether oxygens (including phenoxy) is 5. The second-order valence-corrected chi connectivity index (χ2v) is 8.50. The summed E-state index contributed by atoms with van der Waals surface area (Å²) >= 11 is 0. The Morgan fingerprint density at radius 3 is 2.46 bits per heavy atom. The fraction of sp³-hybridized carbons (Fsp3) is 0.560. The van der Waals surface area contributed by atoms with Crippen molar-refractivity contribution in [1.29, 1.82) is 0 Å². The van der Waals surface area contributed by atoms with Gasteiger partial charge in [0.25, 0.3) is 0 Å². The number of aromatic nitrogens is 3. The van der Waals surface area contributed by atoms with Gasteiger partial charge in [-0.05, 0) is 26.0 Å². The zero-order chi connectivity index (χ0) is 27.4. The summed E-state index contributed by atoms with van der Waals surface area (Å²) in [4.78, 5) is 34.6. The highest BCUT2D eigenvalue weighted by molar-refractivity contribution is 5.73. The van der Waals surface area contributed by atoms with Crippen molar-refractivity contribution < 1.29 is 38.1 Å². The molecule has 0 saturated carbocycles. The lowest BCUT2D eigenvalue weighted by Crippen LogP contribution is -2.49. The van der Waals surface area contributed by atoms with E-state index >= 15 is 0 Å². The van der Waals surface area contributed by atoms with E-state index in [-0.39, 0.29) is 19.1 Å². The number of nitrogens with zero attached hydrogens (tertiary/aromatic N) is 3. The number of carbonyl (C=O) groups excluding carboxylic acids is 3. The topological polar surface area (TPSA) is 140 Å². The Hall–Kier alpha value is -3.51. The molecule has 0 aliphatic heterocycles. The zero-order valence-electron chi connectivity index (χ0n) is 22.1. The average Bonchev–Trinajstić information content (AvgIpc) is 3.29. The van der Waals surface area contributed by atoms with Crippen molar-refractivity contribution in [3.8, 4) is 17.0 Å². The molecule has 1 heterocycles. The fourth-order valence-electron chi connectivity index (χ4n) is 3.47. The lowest BCUT2D eigenvalue weighted by Gasteiger charge is -2.31. The molecule has 12 nitrogen and oxygen atoms in total. The third-order valence-electron chi connectivity index (χ3n) is 5.28. The molecule has 4 atom stereocenters. The van der Waals surface area contributed by atoms with Gasteiger partial charge in [-0.15, -0.1) is 5.10 Å². The van der Waals surface area contributed by atoms with Gasteiger partial charge in [-0.1, -0.05) is 17.3 Å². The predicted molar refractivity (Wildman–Crippen MR) is 133 cm³/mol. The minimum absolute atomic E-state index is 0.0684. The Morgan fingerprint density at radius 1 is 1.05 bits per heavy atom. The van der Waals surface area contributed by atoms with E-state index in [4.69, 9.17) is 23.7 Å². The van der Waals surface area contributed by atoms with E-state index in [0.29, 0.717) is 24.7 Å². The summed E-state index contributed by atoms with van der Waals surface area (Å²) < 4.78 is 28.9. The van der Waals surface area contributed by atoms with Crippen LogP contribution in [-0.2, 0) is 39.9 Å². The number of amides is 1. The van der Waals surface area contributed by atoms with Crippen LogP contribution in [0.15, 0.2) is 30.5 Å². The van der Waals surface area contributed by atoms with Crippen LogP contribution >= 0.6 is 0 Å². The monoisotopic (exact) mass is 520 g/mol. The molecule has 0 aliphatic rings. The number of methoxy groups -OCH3 is 1. The Balaban J connectivity index is 2.18. The van der Waals surface area contributed by atoms with Gasteiger partial charge in [0.1, 0.15) is 36.9 Å². The Morgan fingerprint density at radius 2 is 1.81 bits per heavy atom. The molecule has 1 amide bonds. The summed E-state index contributed by atoms with van der Waals surface area (Å²) in [6, 6.07) is 6.84. The number of nitrogens with one attached hydrogen (secondary N) is 1. The standard InChI is InChI=1S/C25H36N4O8/c1-16(24(26-18(3)30)15-35-19(4)31)37-25(17(2)36-20(5)32)14-29-13-23(27-28-29)21-8-7-9-22(12-21)34-11-10-33-6/h7-9,12-13,16-17,24-25H,10-11,14-15H2,1-6H3,(H,26,30)/t16?,17-,24+,25?/m1/s1. The molecule has 0 aliphatic carbocycles. The fourth-order valence-corrected chi connectivity index (χ4v) is 3.47. The van der Waals surface area contributed by atoms with E-state index in [1.54, 1.807) is 31.8 Å². The molecule has 2 rings (SSSR count). The molecular formula is C25H36N4O8. The summed E-state index contributed by atoms with van der Waals surface area (Å²) in [5, 5.41) is 11.2. The van der Waals surface area contributed by atoms with Crippen LogP contribution in [0.3, 0.4) is 0 Å². The van der Waals surface area contributed by atoms with Gasteiger partial charge in [0.15, 0.2) is 0 Å². The highest BCUT2D eigenvalue weighted by atomic mass is 16.6. The maximum absolute atomic E-state index is 11.7. The Kier molecular flexibility index (Phi) is 12.0. The highest BCUT2D eigenvalue weighted by Crippen LogP contribution is 2.22. The molecule has 12 heteroatoms. The van der Waals surface area contributed by atoms with Gasteiger partial charge in [0.05, 0.1) is 31.5 Å². The van der Waals surface area contributed by atoms with Crippen molar-refractivity contribution in [2.75, 3.05) is 26.9 Å². The SMILES string of the molecule is COCCOc1cccc(-c2cn(CC(OC(C)[C@H](COC(C)=O)NC(C)=O)[C@@H](C)OC(C)=O)nn2)c1. The van der Waals surface area contributed by atoms with E-state index < -0.39 is 36.3 Å². The number of hydrogen-bond acceptors (Lipinski definition) is 10. The Labute approximate surface area is 216 Å². The van der Waals surface area contributed by atoms with Gasteiger partial charge in [-0.25, -0.2) is 4.68 Å². The van der Waals surface area contributed by atoms with Crippen LogP contribution in [0.4, 0.5) is 0 Å². The second kappa shape index (κ2) is 14.9. The van der Waals surface area contributed by atoms with E-state index in [0.717, 1.165) is 5.56 Å². The molecular weight excluding hydrogens is 484 g/mol. The molecule has 0 saturated heterocycles. The van der Waals surface area contributed by atoms with E-state index in [1.165, 1.54) is 20.8 Å². The van der Waals surface area contributed by atoms with Gasteiger partial charge in [-0.2, -0.15) is 0 Å². The molecule has 37 heavy (non-hydrogen) atoms. The number of benzene rings is 1. The molecule has 1 aromatic carbocycles. The van der Waals surface area contributed by atoms with E-state index in [1.807, 2.05) is 24.3 Å². The summed E-state index contributed by atoms with van der Waals surface area (Å²) in [5.41, 5.74) is 1.43. The number of rotatable bonds is 15. The molecule has 1 N–H and O–H groups in total. The zero-order valence-corrected chi connectivity index (χ0v) is 22.1. The van der Waals surface area contributed by atoms with E-state index in [9.17, 15) is 14.4 Å². The molecule has 1 aromatic heterocycles. The molecule has 0 fully saturated rings. The first-order valence-electron chi connectivity index (χ1n) is 11.9. The minimum Gasteiger partial charge on any atom is -0.491 e. The molecule has 0 radical (unpaired) electrons. The van der Waals surface area contributed by atoms with Crippen LogP contribution in [0.2, 0.25) is 0 Å². The molecule has 0 bridgehead atoms. The molecule has 204 valence electrons. The van der Waals surface area contributed by atoms with Crippen LogP contribution in [0.1, 0.15) is 34.6 Å². The van der Waals surface area contributed by atoms with E-state index in [2.05, 4.69) is 15.6 Å². The number of carbonyl (C=O) groups is 3. The van der Waals surface area contributed by atoms with Gasteiger partial charge >= 0.3 is 11.9 Å². The number of hydrogen-bond donors (Lipinski definition) is 1. The van der Waals surface area contributed by atoms with Crippen molar-refractivity contribution in [2.24, 2.45) is 0 Å². The quantitative estimate of drug-likeness (QED) is 0.273. The van der Waals surface area contributed by atoms with Crippen LogP contribution in [0.5, 0.6) is 5.75 Å². The van der Waals surface area contributed by atoms with Gasteiger partial charge in [0.2, 0.25) is 5.91 Å². The first-order chi connectivity index (χ1) is 17.6. The summed E-state index contributed by atoms with van der Waals surface area (Å²) in [6.45, 7) is 8.44. The maximum atomic E-state index is 11.7. The highest BCUT2D eigenvalue weighted by Gasteiger charge is 2.29. The predicted octanol–water partition coefficient (Wildman–Crippen LogP) is 1.76. The van der Waals surface area contributed by atoms with Gasteiger partial charge in [-0.3, -0.25) is 14.4 Å². The van der Waals surface area contributed by atoms with Crippen molar-refractivity contribution in [3.05, 3.63) is 30.5 Å². The Bertz CT molecular complexity index is 1030. The first-order valence-corrected chi connectivity index (χ1v) is 11.9. The third kappa shape index (κ3) is 10.6. The van der Waals surface area contributed by atoms with Crippen LogP contribution in [0.25, 0.3) is 11.3 Å². The summed E-state index contributed by atoms with van der Waals surface area (Å²) in [6.07, 6.45) is -0.127.